The molecule has 0 spiro atoms. The molecular formula is C12H24NO3P. The number of allylic oxidation sites excluding steroid dienone is 1. The molecule has 0 aromatic heterocycles. The van der Waals surface area contributed by atoms with Crippen LogP contribution in [-0.2, 0) is 9.09 Å². The van der Waals surface area contributed by atoms with Crippen LogP contribution in [0.1, 0.15) is 32.6 Å². The molecule has 0 aromatic rings. The molecule has 0 aliphatic carbocycles. The number of hydrogen-bond acceptors (Lipinski definition) is 3. The first-order valence-electron chi connectivity index (χ1n) is 5.86. The minimum Gasteiger partial charge on any atom is -0.385 e. The summed E-state index contributed by atoms with van der Waals surface area (Å²) in [5.74, 6) is 0. The molecule has 100 valence electrons. The molecule has 0 fully saturated rings. The van der Waals surface area contributed by atoms with Gasteiger partial charge in [0.1, 0.15) is 0 Å². The summed E-state index contributed by atoms with van der Waals surface area (Å²) in [5.41, 5.74) is 1.85. The summed E-state index contributed by atoms with van der Waals surface area (Å²) in [5, 5.41) is 3.19. The van der Waals surface area contributed by atoms with Gasteiger partial charge in [-0.25, -0.2) is 0 Å². The molecule has 0 radical (unpaired) electrons. The fourth-order valence-electron chi connectivity index (χ4n) is 1.20. The molecule has 0 saturated carbocycles. The van der Waals surface area contributed by atoms with Crippen molar-refractivity contribution >= 4 is 7.60 Å². The Hall–Kier alpha value is -0.570. The number of unbranched alkanes of at least 4 members (excludes halogenated alkanes) is 3. The van der Waals surface area contributed by atoms with Crippen molar-refractivity contribution in [2.75, 3.05) is 19.8 Å². The monoisotopic (exact) mass is 261 g/mol. The van der Waals surface area contributed by atoms with Crippen LogP contribution < -0.4 is 5.32 Å². The first-order valence-corrected chi connectivity index (χ1v) is 7.89. The summed E-state index contributed by atoms with van der Waals surface area (Å²) >= 11 is 0. The fraction of sp³-hybridized carbons (Fsp3) is 0.667. The number of rotatable bonds is 10. The lowest BCUT2D eigenvalue weighted by Crippen LogP contribution is -2.14. The fourth-order valence-corrected chi connectivity index (χ4v) is 1.67. The van der Waals surface area contributed by atoms with E-state index < -0.39 is 7.60 Å². The lowest BCUT2D eigenvalue weighted by Gasteiger charge is -2.09. The highest BCUT2D eigenvalue weighted by Gasteiger charge is 2.08. The van der Waals surface area contributed by atoms with Gasteiger partial charge in [-0.3, -0.25) is 4.57 Å². The highest BCUT2D eigenvalue weighted by atomic mass is 31.2. The first-order chi connectivity index (χ1) is 7.83. The largest absolute Gasteiger partial charge is 0.385 e. The van der Waals surface area contributed by atoms with Crippen molar-refractivity contribution in [2.45, 2.75) is 32.6 Å². The SMILES string of the molecule is C=C(C)C(=C)NCCCCCCOP(C)(=O)O. The van der Waals surface area contributed by atoms with Gasteiger partial charge in [-0.05, 0) is 25.3 Å². The molecule has 0 bridgehead atoms. The van der Waals surface area contributed by atoms with E-state index in [0.717, 1.165) is 43.5 Å². The van der Waals surface area contributed by atoms with Gasteiger partial charge in [0.2, 0.25) is 0 Å². The molecule has 2 N–H and O–H groups in total. The van der Waals surface area contributed by atoms with Crippen LogP contribution in [0.15, 0.2) is 24.4 Å². The molecule has 0 rings (SSSR count). The van der Waals surface area contributed by atoms with Crippen LogP contribution in [0.2, 0.25) is 0 Å². The zero-order chi connectivity index (χ0) is 13.3. The van der Waals surface area contributed by atoms with Crippen LogP contribution in [0.5, 0.6) is 0 Å². The Labute approximate surface area is 104 Å². The van der Waals surface area contributed by atoms with E-state index in [2.05, 4.69) is 18.5 Å². The second-order valence-corrected chi connectivity index (χ2v) is 6.10. The van der Waals surface area contributed by atoms with Crippen molar-refractivity contribution in [3.63, 3.8) is 0 Å². The van der Waals surface area contributed by atoms with Crippen molar-refractivity contribution in [3.05, 3.63) is 24.4 Å². The van der Waals surface area contributed by atoms with Gasteiger partial charge in [-0.2, -0.15) is 0 Å². The average molecular weight is 261 g/mol. The van der Waals surface area contributed by atoms with E-state index in [4.69, 9.17) is 9.42 Å². The molecule has 5 heteroatoms. The average Bonchev–Trinajstić information content (AvgIpc) is 2.19. The van der Waals surface area contributed by atoms with Crippen LogP contribution in [0.4, 0.5) is 0 Å². The number of nitrogens with one attached hydrogen (secondary N) is 1. The summed E-state index contributed by atoms with van der Waals surface area (Å²) in [7, 11) is -3.28. The maximum Gasteiger partial charge on any atom is 0.325 e. The predicted octanol–water partition coefficient (Wildman–Crippen LogP) is 3.06. The van der Waals surface area contributed by atoms with Crippen molar-refractivity contribution in [2.24, 2.45) is 0 Å². The lowest BCUT2D eigenvalue weighted by atomic mass is 10.2. The summed E-state index contributed by atoms with van der Waals surface area (Å²) in [6.07, 6.45) is 3.94. The van der Waals surface area contributed by atoms with E-state index in [1.54, 1.807) is 0 Å². The Kier molecular flexibility index (Phi) is 8.23. The molecule has 1 atom stereocenters. The molecule has 0 amide bonds. The van der Waals surface area contributed by atoms with Crippen molar-refractivity contribution in [1.29, 1.82) is 0 Å². The van der Waals surface area contributed by atoms with Gasteiger partial charge in [0, 0.05) is 18.9 Å². The first kappa shape index (κ1) is 16.4. The minimum absolute atomic E-state index is 0.357. The zero-order valence-electron chi connectivity index (χ0n) is 10.9. The summed E-state index contributed by atoms with van der Waals surface area (Å²) in [6.45, 7) is 12.0. The normalized spacial score (nSPS) is 14.1. The van der Waals surface area contributed by atoms with Gasteiger partial charge in [0.05, 0.1) is 6.61 Å². The van der Waals surface area contributed by atoms with E-state index in [1.807, 2.05) is 6.92 Å². The van der Waals surface area contributed by atoms with Crippen molar-refractivity contribution < 1.29 is 14.0 Å². The second kappa shape index (κ2) is 8.51. The lowest BCUT2D eigenvalue weighted by molar-refractivity contribution is 0.257. The van der Waals surface area contributed by atoms with E-state index >= 15 is 0 Å². The minimum atomic E-state index is -3.28. The van der Waals surface area contributed by atoms with Gasteiger partial charge in [-0.1, -0.05) is 26.0 Å². The van der Waals surface area contributed by atoms with Gasteiger partial charge >= 0.3 is 7.60 Å². The third-order valence-corrected chi connectivity index (χ3v) is 2.92. The van der Waals surface area contributed by atoms with E-state index in [1.165, 1.54) is 6.66 Å². The molecule has 0 aliphatic rings. The quantitative estimate of drug-likeness (QED) is 0.360. The maximum absolute atomic E-state index is 10.8. The zero-order valence-corrected chi connectivity index (χ0v) is 11.8. The molecule has 1 unspecified atom stereocenters. The standard InChI is InChI=1S/C12H24NO3P/c1-11(2)12(3)13-9-7-5-6-8-10-16-17(4,14)15/h13H,1,3,5-10H2,2,4H3,(H,14,15). The third-order valence-electron chi connectivity index (χ3n) is 2.26. The maximum atomic E-state index is 10.8. The van der Waals surface area contributed by atoms with Crippen LogP contribution in [0, 0.1) is 0 Å². The van der Waals surface area contributed by atoms with Gasteiger partial charge in [-0.15, -0.1) is 0 Å². The Morgan fingerprint density at radius 3 is 2.41 bits per heavy atom. The molecule has 17 heavy (non-hydrogen) atoms. The van der Waals surface area contributed by atoms with E-state index in [-0.39, 0.29) is 0 Å². The molecule has 0 aliphatic heterocycles. The Morgan fingerprint density at radius 2 is 1.88 bits per heavy atom. The van der Waals surface area contributed by atoms with Crippen molar-refractivity contribution in [3.8, 4) is 0 Å². The Morgan fingerprint density at radius 1 is 1.29 bits per heavy atom. The molecule has 0 aromatic carbocycles. The smallest absolute Gasteiger partial charge is 0.325 e. The number of hydrogen-bond donors (Lipinski definition) is 2. The van der Waals surface area contributed by atoms with Crippen LogP contribution in [-0.4, -0.2) is 24.7 Å². The molecular weight excluding hydrogens is 237 g/mol. The van der Waals surface area contributed by atoms with Gasteiger partial charge in [0.25, 0.3) is 0 Å². The summed E-state index contributed by atoms with van der Waals surface area (Å²) in [4.78, 5) is 8.88. The molecule has 0 saturated heterocycles. The second-order valence-electron chi connectivity index (χ2n) is 4.24. The van der Waals surface area contributed by atoms with Crippen LogP contribution in [0.3, 0.4) is 0 Å². The highest BCUT2D eigenvalue weighted by molar-refractivity contribution is 7.51. The van der Waals surface area contributed by atoms with Crippen molar-refractivity contribution in [1.82, 2.24) is 5.32 Å². The Bertz CT molecular complexity index is 296. The summed E-state index contributed by atoms with van der Waals surface area (Å²) < 4.78 is 15.6. The molecule has 0 heterocycles. The predicted molar refractivity (Wildman–Crippen MR) is 72.1 cm³/mol. The Balaban J connectivity index is 3.28. The molecule has 4 nitrogen and oxygen atoms in total. The highest BCUT2D eigenvalue weighted by Crippen LogP contribution is 2.36. The third kappa shape index (κ3) is 11.7. The van der Waals surface area contributed by atoms with Gasteiger partial charge < -0.3 is 14.7 Å². The van der Waals surface area contributed by atoms with E-state index in [0.29, 0.717) is 6.61 Å². The summed E-state index contributed by atoms with van der Waals surface area (Å²) in [6, 6.07) is 0. The van der Waals surface area contributed by atoms with Crippen LogP contribution in [0.25, 0.3) is 0 Å². The van der Waals surface area contributed by atoms with Crippen LogP contribution >= 0.6 is 7.60 Å². The topological polar surface area (TPSA) is 58.6 Å². The van der Waals surface area contributed by atoms with E-state index in [9.17, 15) is 4.57 Å². The van der Waals surface area contributed by atoms with Gasteiger partial charge in [0.15, 0.2) is 0 Å².